The zero-order chi connectivity index (χ0) is 9.99. The van der Waals surface area contributed by atoms with Gasteiger partial charge in [-0.15, -0.1) is 0 Å². The average molecular weight is 184 g/mol. The van der Waals surface area contributed by atoms with Gasteiger partial charge in [0.25, 0.3) is 0 Å². The molecule has 3 N–H and O–H groups in total. The number of amides is 1. The van der Waals surface area contributed by atoms with Crippen LogP contribution >= 0.6 is 0 Å². The van der Waals surface area contributed by atoms with E-state index in [-0.39, 0.29) is 0 Å². The van der Waals surface area contributed by atoms with Gasteiger partial charge in [0.1, 0.15) is 0 Å². The lowest BCUT2D eigenvalue weighted by molar-refractivity contribution is -0.134. The monoisotopic (exact) mass is 184 g/mol. The molecule has 0 heterocycles. The molecule has 0 rings (SSSR count). The molecule has 0 atom stereocenters. The standard InChI is InChI=1S/C6H11F3N2O/c1-5(2,4(10)12)11-3-6(7,8)9/h11H,3H2,1-2H3,(H2,10,12). The molecule has 0 fully saturated rings. The van der Waals surface area contributed by atoms with Crippen molar-refractivity contribution in [3.05, 3.63) is 0 Å². The highest BCUT2D eigenvalue weighted by molar-refractivity contribution is 5.83. The fourth-order valence-corrected chi connectivity index (χ4v) is 0.408. The maximum absolute atomic E-state index is 11.6. The van der Waals surface area contributed by atoms with Gasteiger partial charge in [0, 0.05) is 0 Å². The third-order valence-electron chi connectivity index (χ3n) is 1.35. The second-order valence-electron chi connectivity index (χ2n) is 2.96. The number of primary amides is 1. The molecule has 12 heavy (non-hydrogen) atoms. The van der Waals surface area contributed by atoms with Crippen molar-refractivity contribution in [3.63, 3.8) is 0 Å². The van der Waals surface area contributed by atoms with Crippen LogP contribution in [0.3, 0.4) is 0 Å². The van der Waals surface area contributed by atoms with Crippen LogP contribution in [0.25, 0.3) is 0 Å². The molecule has 0 spiro atoms. The lowest BCUT2D eigenvalue weighted by atomic mass is 10.1. The Morgan fingerprint density at radius 1 is 1.42 bits per heavy atom. The molecule has 3 nitrogen and oxygen atoms in total. The summed E-state index contributed by atoms with van der Waals surface area (Å²) in [5, 5.41) is 2.00. The highest BCUT2D eigenvalue weighted by Crippen LogP contribution is 2.14. The van der Waals surface area contributed by atoms with Crippen LogP contribution in [0.4, 0.5) is 13.2 Å². The minimum absolute atomic E-state index is 0.813. The molecule has 0 aliphatic carbocycles. The quantitative estimate of drug-likeness (QED) is 0.667. The summed E-state index contributed by atoms with van der Waals surface area (Å²) < 4.78 is 34.9. The number of rotatable bonds is 3. The van der Waals surface area contributed by atoms with E-state index >= 15 is 0 Å². The molecule has 0 saturated heterocycles. The van der Waals surface area contributed by atoms with Gasteiger partial charge in [-0.1, -0.05) is 0 Å². The van der Waals surface area contributed by atoms with Crippen molar-refractivity contribution in [3.8, 4) is 0 Å². The van der Waals surface area contributed by atoms with E-state index in [0.29, 0.717) is 0 Å². The number of carbonyl (C=O) groups excluding carboxylic acids is 1. The van der Waals surface area contributed by atoms with Crippen molar-refractivity contribution in [2.75, 3.05) is 6.54 Å². The summed E-state index contributed by atoms with van der Waals surface area (Å²) in [6, 6.07) is 0. The first-order valence-corrected chi connectivity index (χ1v) is 3.27. The summed E-state index contributed by atoms with van der Waals surface area (Å²) in [5.74, 6) is -0.813. The number of hydrogen-bond acceptors (Lipinski definition) is 2. The van der Waals surface area contributed by atoms with Gasteiger partial charge in [0.2, 0.25) is 5.91 Å². The summed E-state index contributed by atoms with van der Waals surface area (Å²) in [4.78, 5) is 10.5. The van der Waals surface area contributed by atoms with Crippen LogP contribution < -0.4 is 11.1 Å². The fraction of sp³-hybridized carbons (Fsp3) is 0.833. The second kappa shape index (κ2) is 3.30. The highest BCUT2D eigenvalue weighted by atomic mass is 19.4. The number of alkyl halides is 3. The Labute approximate surface area is 68.1 Å². The first-order chi connectivity index (χ1) is 5.15. The van der Waals surface area contributed by atoms with Crippen LogP contribution in [0, 0.1) is 0 Å². The van der Waals surface area contributed by atoms with Crippen molar-refractivity contribution >= 4 is 5.91 Å². The molecule has 0 aromatic carbocycles. The molecule has 0 aliphatic heterocycles. The van der Waals surface area contributed by atoms with E-state index in [1.54, 1.807) is 0 Å². The van der Waals surface area contributed by atoms with E-state index in [4.69, 9.17) is 5.73 Å². The van der Waals surface area contributed by atoms with Gasteiger partial charge < -0.3 is 5.73 Å². The molecule has 72 valence electrons. The van der Waals surface area contributed by atoms with Crippen LogP contribution in [0.15, 0.2) is 0 Å². The minimum Gasteiger partial charge on any atom is -0.368 e. The van der Waals surface area contributed by atoms with Crippen LogP contribution in [0.1, 0.15) is 13.8 Å². The van der Waals surface area contributed by atoms with E-state index in [2.05, 4.69) is 0 Å². The van der Waals surface area contributed by atoms with Crippen molar-refractivity contribution in [2.24, 2.45) is 5.73 Å². The zero-order valence-electron chi connectivity index (χ0n) is 6.83. The molecule has 0 bridgehead atoms. The van der Waals surface area contributed by atoms with Gasteiger partial charge in [-0.2, -0.15) is 13.2 Å². The number of nitrogens with two attached hydrogens (primary N) is 1. The summed E-state index contributed by atoms with van der Waals surface area (Å²) in [5.41, 5.74) is 3.51. The van der Waals surface area contributed by atoms with Gasteiger partial charge in [-0.05, 0) is 13.8 Å². The van der Waals surface area contributed by atoms with Gasteiger partial charge in [0.05, 0.1) is 12.1 Å². The number of nitrogens with one attached hydrogen (secondary N) is 1. The van der Waals surface area contributed by atoms with E-state index < -0.39 is 24.2 Å². The molecule has 0 radical (unpaired) electrons. The predicted octanol–water partition coefficient (Wildman–Crippen LogP) is 0.402. The molecule has 1 amide bonds. The zero-order valence-corrected chi connectivity index (χ0v) is 6.83. The van der Waals surface area contributed by atoms with Crippen molar-refractivity contribution in [2.45, 2.75) is 25.6 Å². The van der Waals surface area contributed by atoms with E-state index in [1.165, 1.54) is 13.8 Å². The highest BCUT2D eigenvalue weighted by Gasteiger charge is 2.32. The maximum atomic E-state index is 11.6. The van der Waals surface area contributed by atoms with E-state index in [9.17, 15) is 18.0 Å². The first-order valence-electron chi connectivity index (χ1n) is 3.27. The molecule has 6 heteroatoms. The van der Waals surface area contributed by atoms with Gasteiger partial charge in [-0.3, -0.25) is 10.1 Å². The molecular formula is C6H11F3N2O. The molecular weight excluding hydrogens is 173 g/mol. The Kier molecular flexibility index (Phi) is 3.09. The summed E-state index contributed by atoms with van der Waals surface area (Å²) in [6.07, 6.45) is -4.33. The average Bonchev–Trinajstić information content (AvgIpc) is 1.82. The lowest BCUT2D eigenvalue weighted by Crippen LogP contribution is -2.53. The van der Waals surface area contributed by atoms with E-state index in [1.807, 2.05) is 5.32 Å². The Bertz CT molecular complexity index is 176. The summed E-state index contributed by atoms with van der Waals surface area (Å²) >= 11 is 0. The fourth-order valence-electron chi connectivity index (χ4n) is 0.408. The molecule has 0 aromatic heterocycles. The Hall–Kier alpha value is -0.780. The SMILES string of the molecule is CC(C)(NCC(F)(F)F)C(N)=O. The summed E-state index contributed by atoms with van der Waals surface area (Å²) in [7, 11) is 0. The van der Waals surface area contributed by atoms with Gasteiger partial charge >= 0.3 is 6.18 Å². The topological polar surface area (TPSA) is 55.1 Å². The summed E-state index contributed by atoms with van der Waals surface area (Å²) in [6.45, 7) is 1.37. The Morgan fingerprint density at radius 2 is 1.83 bits per heavy atom. The molecule has 0 unspecified atom stereocenters. The van der Waals surface area contributed by atoms with Crippen LogP contribution in [0.5, 0.6) is 0 Å². The van der Waals surface area contributed by atoms with Crippen LogP contribution in [-0.2, 0) is 4.79 Å². The number of hydrogen-bond donors (Lipinski definition) is 2. The van der Waals surface area contributed by atoms with E-state index in [0.717, 1.165) is 0 Å². The number of halogens is 3. The second-order valence-corrected chi connectivity index (χ2v) is 2.96. The van der Waals surface area contributed by atoms with Gasteiger partial charge in [0.15, 0.2) is 0 Å². The smallest absolute Gasteiger partial charge is 0.368 e. The Balaban J connectivity index is 4.01. The molecule has 0 saturated carbocycles. The van der Waals surface area contributed by atoms with Crippen LogP contribution in [-0.4, -0.2) is 24.2 Å². The van der Waals surface area contributed by atoms with Crippen molar-refractivity contribution in [1.29, 1.82) is 0 Å². The third-order valence-corrected chi connectivity index (χ3v) is 1.35. The maximum Gasteiger partial charge on any atom is 0.401 e. The lowest BCUT2D eigenvalue weighted by Gasteiger charge is -2.22. The van der Waals surface area contributed by atoms with Crippen molar-refractivity contribution < 1.29 is 18.0 Å². The number of carbonyl (C=O) groups is 1. The minimum atomic E-state index is -4.33. The normalized spacial score (nSPS) is 13.1. The van der Waals surface area contributed by atoms with Crippen molar-refractivity contribution in [1.82, 2.24) is 5.32 Å². The first kappa shape index (κ1) is 11.2. The molecule has 0 aromatic rings. The molecule has 0 aliphatic rings. The predicted molar refractivity (Wildman–Crippen MR) is 37.3 cm³/mol. The van der Waals surface area contributed by atoms with Gasteiger partial charge in [-0.25, -0.2) is 0 Å². The Morgan fingerprint density at radius 3 is 2.08 bits per heavy atom. The third kappa shape index (κ3) is 4.17. The largest absolute Gasteiger partial charge is 0.401 e. The van der Waals surface area contributed by atoms with Crippen LogP contribution in [0.2, 0.25) is 0 Å².